The summed E-state index contributed by atoms with van der Waals surface area (Å²) in [6.07, 6.45) is 5.24. The first kappa shape index (κ1) is 12.5. The summed E-state index contributed by atoms with van der Waals surface area (Å²) in [5.41, 5.74) is 13.1. The average molecular weight is 252 g/mol. The number of carbonyl (C=O) groups is 1. The fourth-order valence-electron chi connectivity index (χ4n) is 1.58. The largest absolute Gasteiger partial charge is 0.423 e. The molecule has 2 aromatic carbocycles. The van der Waals surface area contributed by atoms with Gasteiger partial charge in [0.15, 0.2) is 0 Å². The van der Waals surface area contributed by atoms with Crippen LogP contribution in [0.5, 0.6) is 5.75 Å². The highest BCUT2D eigenvalue weighted by atomic mass is 16.5. The van der Waals surface area contributed by atoms with Crippen molar-refractivity contribution in [3.05, 3.63) is 53.6 Å². The number of anilines is 2. The molecule has 0 aliphatic rings. The molecule has 0 spiro atoms. The van der Waals surface area contributed by atoms with Crippen LogP contribution in [-0.4, -0.2) is 5.97 Å². The highest BCUT2D eigenvalue weighted by Gasteiger charge is 2.10. The maximum Gasteiger partial charge on any atom is 0.343 e. The number of ether oxygens (including phenoxy) is 1. The van der Waals surface area contributed by atoms with Gasteiger partial charge in [0.25, 0.3) is 0 Å². The first-order chi connectivity index (χ1) is 9.08. The third-order valence-electron chi connectivity index (χ3n) is 2.44. The number of nitrogen functional groups attached to an aromatic ring is 2. The molecule has 19 heavy (non-hydrogen) atoms. The van der Waals surface area contributed by atoms with Crippen molar-refractivity contribution in [3.63, 3.8) is 0 Å². The molecule has 4 N–H and O–H groups in total. The van der Waals surface area contributed by atoms with Crippen LogP contribution in [0.1, 0.15) is 15.9 Å². The molecular weight excluding hydrogens is 240 g/mol. The van der Waals surface area contributed by atoms with Gasteiger partial charge in [0, 0.05) is 16.9 Å². The Morgan fingerprint density at radius 3 is 2.16 bits per heavy atom. The van der Waals surface area contributed by atoms with E-state index < -0.39 is 5.97 Å². The van der Waals surface area contributed by atoms with Gasteiger partial charge in [-0.2, -0.15) is 0 Å². The lowest BCUT2D eigenvalue weighted by atomic mass is 10.2. The molecule has 4 heteroatoms. The van der Waals surface area contributed by atoms with Gasteiger partial charge in [0.2, 0.25) is 0 Å². The zero-order valence-electron chi connectivity index (χ0n) is 10.1. The number of terminal acetylenes is 1. The topological polar surface area (TPSA) is 78.3 Å². The molecule has 0 aliphatic heterocycles. The van der Waals surface area contributed by atoms with Crippen LogP contribution in [0, 0.1) is 12.3 Å². The van der Waals surface area contributed by atoms with Crippen LogP contribution in [0.3, 0.4) is 0 Å². The maximum atomic E-state index is 11.9. The highest BCUT2D eigenvalue weighted by molar-refractivity contribution is 5.93. The molecule has 2 rings (SSSR count). The maximum absolute atomic E-state index is 11.9. The summed E-state index contributed by atoms with van der Waals surface area (Å²) in [5.74, 6) is 2.37. The van der Waals surface area contributed by atoms with Gasteiger partial charge in [0.1, 0.15) is 5.75 Å². The molecule has 0 saturated carbocycles. The second kappa shape index (κ2) is 5.15. The Bertz CT molecular complexity index is 635. The molecular formula is C15H12N2O2. The monoisotopic (exact) mass is 252 g/mol. The summed E-state index contributed by atoms with van der Waals surface area (Å²) in [6, 6.07) is 11.2. The summed E-state index contributed by atoms with van der Waals surface area (Å²) in [6.45, 7) is 0. The average Bonchev–Trinajstić information content (AvgIpc) is 2.38. The van der Waals surface area contributed by atoms with Crippen LogP contribution in [0.25, 0.3) is 0 Å². The third-order valence-corrected chi connectivity index (χ3v) is 2.44. The number of nitrogens with two attached hydrogens (primary N) is 2. The van der Waals surface area contributed by atoms with E-state index in [1.165, 1.54) is 12.1 Å². The van der Waals surface area contributed by atoms with Crippen LogP contribution in [0.2, 0.25) is 0 Å². The highest BCUT2D eigenvalue weighted by Crippen LogP contribution is 2.17. The van der Waals surface area contributed by atoms with Crippen molar-refractivity contribution in [2.24, 2.45) is 0 Å². The van der Waals surface area contributed by atoms with E-state index in [4.69, 9.17) is 22.6 Å². The minimum Gasteiger partial charge on any atom is -0.423 e. The first-order valence-electron chi connectivity index (χ1n) is 5.53. The molecule has 4 nitrogen and oxygen atoms in total. The fourth-order valence-corrected chi connectivity index (χ4v) is 1.58. The number of benzene rings is 2. The SMILES string of the molecule is C#Cc1ccc(OC(=O)c2cc(N)cc(N)c2)cc1. The Kier molecular flexibility index (Phi) is 3.39. The Morgan fingerprint density at radius 1 is 1.05 bits per heavy atom. The Morgan fingerprint density at radius 2 is 1.63 bits per heavy atom. The number of hydrogen-bond acceptors (Lipinski definition) is 4. The lowest BCUT2D eigenvalue weighted by molar-refractivity contribution is 0.0735. The standard InChI is InChI=1S/C15H12N2O2/c1-2-10-3-5-14(6-4-10)19-15(18)11-7-12(16)9-13(17)8-11/h1,3-9H,16-17H2. The molecule has 0 amide bonds. The molecule has 0 fully saturated rings. The Balaban J connectivity index is 2.18. The molecule has 2 aromatic rings. The quantitative estimate of drug-likeness (QED) is 0.371. The van der Waals surface area contributed by atoms with Crippen molar-refractivity contribution in [1.82, 2.24) is 0 Å². The van der Waals surface area contributed by atoms with Gasteiger partial charge in [-0.3, -0.25) is 0 Å². The van der Waals surface area contributed by atoms with Crippen LogP contribution in [0.15, 0.2) is 42.5 Å². The van der Waals surface area contributed by atoms with E-state index in [2.05, 4.69) is 5.92 Å². The predicted octanol–water partition coefficient (Wildman–Crippen LogP) is 2.05. The normalized spacial score (nSPS) is 9.63. The van der Waals surface area contributed by atoms with Gasteiger partial charge in [0.05, 0.1) is 5.56 Å². The van der Waals surface area contributed by atoms with Crippen molar-refractivity contribution >= 4 is 17.3 Å². The van der Waals surface area contributed by atoms with Crippen molar-refractivity contribution in [2.45, 2.75) is 0 Å². The van der Waals surface area contributed by atoms with Crippen LogP contribution in [-0.2, 0) is 0 Å². The van der Waals surface area contributed by atoms with E-state index in [0.29, 0.717) is 28.3 Å². The summed E-state index contributed by atoms with van der Waals surface area (Å²) < 4.78 is 5.19. The molecule has 0 bridgehead atoms. The number of hydrogen-bond donors (Lipinski definition) is 2. The summed E-state index contributed by atoms with van der Waals surface area (Å²) in [4.78, 5) is 11.9. The van der Waals surface area contributed by atoms with E-state index in [1.807, 2.05) is 0 Å². The lowest BCUT2D eigenvalue weighted by Crippen LogP contribution is -2.09. The van der Waals surface area contributed by atoms with Crippen molar-refractivity contribution in [1.29, 1.82) is 0 Å². The summed E-state index contributed by atoms with van der Waals surface area (Å²) >= 11 is 0. The molecule has 0 aliphatic carbocycles. The number of rotatable bonds is 2. The zero-order valence-corrected chi connectivity index (χ0v) is 10.1. The van der Waals surface area contributed by atoms with Gasteiger partial charge >= 0.3 is 5.97 Å². The first-order valence-corrected chi connectivity index (χ1v) is 5.53. The fraction of sp³-hybridized carbons (Fsp3) is 0. The zero-order chi connectivity index (χ0) is 13.8. The number of carbonyl (C=O) groups excluding carboxylic acids is 1. The van der Waals surface area contributed by atoms with Gasteiger partial charge < -0.3 is 16.2 Å². The second-order valence-corrected chi connectivity index (χ2v) is 3.95. The van der Waals surface area contributed by atoms with Gasteiger partial charge in [-0.15, -0.1) is 6.42 Å². The molecule has 94 valence electrons. The van der Waals surface area contributed by atoms with E-state index in [-0.39, 0.29) is 0 Å². The Hall–Kier alpha value is -2.93. The number of esters is 1. The molecule has 0 unspecified atom stereocenters. The smallest absolute Gasteiger partial charge is 0.343 e. The van der Waals surface area contributed by atoms with E-state index >= 15 is 0 Å². The Labute approximate surface area is 111 Å². The summed E-state index contributed by atoms with van der Waals surface area (Å²) in [7, 11) is 0. The third kappa shape index (κ3) is 3.05. The predicted molar refractivity (Wildman–Crippen MR) is 74.6 cm³/mol. The van der Waals surface area contributed by atoms with Crippen LogP contribution in [0.4, 0.5) is 11.4 Å². The molecule has 0 radical (unpaired) electrons. The van der Waals surface area contributed by atoms with E-state index in [0.717, 1.165) is 0 Å². The molecule has 0 saturated heterocycles. The van der Waals surface area contributed by atoms with Crippen molar-refractivity contribution < 1.29 is 9.53 Å². The summed E-state index contributed by atoms with van der Waals surface area (Å²) in [5, 5.41) is 0. The minimum absolute atomic E-state index is 0.304. The van der Waals surface area contributed by atoms with E-state index in [9.17, 15) is 4.79 Å². The second-order valence-electron chi connectivity index (χ2n) is 3.95. The van der Waals surface area contributed by atoms with Gasteiger partial charge in [-0.05, 0) is 42.5 Å². The molecule has 0 aromatic heterocycles. The van der Waals surface area contributed by atoms with Crippen LogP contribution >= 0.6 is 0 Å². The van der Waals surface area contributed by atoms with Crippen molar-refractivity contribution in [2.75, 3.05) is 11.5 Å². The molecule has 0 atom stereocenters. The van der Waals surface area contributed by atoms with Crippen molar-refractivity contribution in [3.8, 4) is 18.1 Å². The minimum atomic E-state index is -0.521. The van der Waals surface area contributed by atoms with Crippen LogP contribution < -0.4 is 16.2 Å². The van der Waals surface area contributed by atoms with Gasteiger partial charge in [-0.25, -0.2) is 4.79 Å². The lowest BCUT2D eigenvalue weighted by Gasteiger charge is -2.06. The van der Waals surface area contributed by atoms with Gasteiger partial charge in [-0.1, -0.05) is 5.92 Å². The van der Waals surface area contributed by atoms with E-state index in [1.54, 1.807) is 30.3 Å². The molecule has 0 heterocycles.